The molecule has 5 nitrogen and oxygen atoms in total. The number of hydrazine groups is 1. The molecule has 0 aromatic carbocycles. The molecule has 0 aliphatic carbocycles. The zero-order chi connectivity index (χ0) is 13.1. The summed E-state index contributed by atoms with van der Waals surface area (Å²) in [7, 11) is 0. The van der Waals surface area contributed by atoms with Gasteiger partial charge in [-0.15, -0.1) is 0 Å². The van der Waals surface area contributed by atoms with Gasteiger partial charge in [-0.05, 0) is 50.1 Å². The Morgan fingerprint density at radius 1 is 1.39 bits per heavy atom. The molecule has 0 atom stereocenters. The maximum Gasteiger partial charge on any atom is 0.265 e. The first-order chi connectivity index (χ1) is 8.60. The maximum atomic E-state index is 11.9. The van der Waals surface area contributed by atoms with Crippen molar-refractivity contribution in [3.63, 3.8) is 0 Å². The van der Waals surface area contributed by atoms with Crippen LogP contribution in [0.25, 0.3) is 0 Å². The standard InChI is InChI=1S/C11H10Br2N4O/c12-7-4-9(13)11(18)17(5-7)6-8-2-1-3-10(15-8)16-14/h1-5H,6,14H2,(H,15,16). The zero-order valence-corrected chi connectivity index (χ0v) is 12.4. The average molecular weight is 374 g/mol. The summed E-state index contributed by atoms with van der Waals surface area (Å²) in [4.78, 5) is 16.2. The van der Waals surface area contributed by atoms with Gasteiger partial charge in [-0.1, -0.05) is 6.07 Å². The van der Waals surface area contributed by atoms with Crippen LogP contribution in [0.4, 0.5) is 5.82 Å². The van der Waals surface area contributed by atoms with Crippen molar-refractivity contribution in [1.29, 1.82) is 0 Å². The number of nitrogens with two attached hydrogens (primary N) is 1. The van der Waals surface area contributed by atoms with Gasteiger partial charge in [0.15, 0.2) is 0 Å². The molecule has 18 heavy (non-hydrogen) atoms. The van der Waals surface area contributed by atoms with E-state index in [4.69, 9.17) is 5.84 Å². The molecule has 2 aromatic heterocycles. The van der Waals surface area contributed by atoms with Crippen LogP contribution in [0.1, 0.15) is 5.69 Å². The lowest BCUT2D eigenvalue weighted by molar-refractivity contribution is 0.733. The highest BCUT2D eigenvalue weighted by atomic mass is 79.9. The van der Waals surface area contributed by atoms with Gasteiger partial charge in [0.25, 0.3) is 5.56 Å². The molecular weight excluding hydrogens is 364 g/mol. The summed E-state index contributed by atoms with van der Waals surface area (Å²) in [5.41, 5.74) is 3.12. The third-order valence-electron chi connectivity index (χ3n) is 2.30. The largest absolute Gasteiger partial charge is 0.308 e. The van der Waals surface area contributed by atoms with Crippen LogP contribution < -0.4 is 16.8 Å². The smallest absolute Gasteiger partial charge is 0.265 e. The molecule has 0 radical (unpaired) electrons. The summed E-state index contributed by atoms with van der Waals surface area (Å²) in [6, 6.07) is 7.13. The van der Waals surface area contributed by atoms with E-state index < -0.39 is 0 Å². The van der Waals surface area contributed by atoms with Crippen molar-refractivity contribution in [1.82, 2.24) is 9.55 Å². The Bertz CT molecular complexity index is 627. The molecule has 2 aromatic rings. The first kappa shape index (κ1) is 13.3. The third kappa shape index (κ3) is 2.98. The van der Waals surface area contributed by atoms with E-state index in [1.807, 2.05) is 12.1 Å². The lowest BCUT2D eigenvalue weighted by Crippen LogP contribution is -2.21. The molecule has 0 bridgehead atoms. The summed E-state index contributed by atoms with van der Waals surface area (Å²) in [6.45, 7) is 0.381. The number of nitrogen functional groups attached to an aromatic ring is 1. The number of rotatable bonds is 3. The predicted molar refractivity (Wildman–Crippen MR) is 77.3 cm³/mol. The van der Waals surface area contributed by atoms with E-state index >= 15 is 0 Å². The van der Waals surface area contributed by atoms with Crippen molar-refractivity contribution in [3.05, 3.63) is 55.5 Å². The molecule has 2 heterocycles. The molecule has 0 amide bonds. The SMILES string of the molecule is NNc1cccc(Cn2cc(Br)cc(Br)c2=O)n1. The molecule has 2 rings (SSSR count). The monoisotopic (exact) mass is 372 g/mol. The lowest BCUT2D eigenvalue weighted by atomic mass is 10.3. The van der Waals surface area contributed by atoms with Crippen LogP contribution in [0, 0.1) is 0 Å². The molecule has 0 saturated carbocycles. The van der Waals surface area contributed by atoms with E-state index in [2.05, 4.69) is 42.3 Å². The summed E-state index contributed by atoms with van der Waals surface area (Å²) < 4.78 is 2.89. The van der Waals surface area contributed by atoms with Crippen molar-refractivity contribution in [3.8, 4) is 0 Å². The predicted octanol–water partition coefficient (Wildman–Crippen LogP) is 2.10. The minimum absolute atomic E-state index is 0.105. The number of hydrogen-bond donors (Lipinski definition) is 2. The second-order valence-corrected chi connectivity index (χ2v) is 5.37. The van der Waals surface area contributed by atoms with Crippen LogP contribution in [0.2, 0.25) is 0 Å². The number of hydrogen-bond acceptors (Lipinski definition) is 4. The van der Waals surface area contributed by atoms with Crippen molar-refractivity contribution in [2.75, 3.05) is 5.43 Å². The Hall–Kier alpha value is -1.18. The van der Waals surface area contributed by atoms with E-state index in [9.17, 15) is 4.79 Å². The van der Waals surface area contributed by atoms with Gasteiger partial charge in [-0.25, -0.2) is 10.8 Å². The lowest BCUT2D eigenvalue weighted by Gasteiger charge is -2.08. The quantitative estimate of drug-likeness (QED) is 0.638. The number of anilines is 1. The molecule has 3 N–H and O–H groups in total. The van der Waals surface area contributed by atoms with Gasteiger partial charge < -0.3 is 9.99 Å². The number of aromatic nitrogens is 2. The van der Waals surface area contributed by atoms with Crippen LogP contribution in [-0.2, 0) is 6.54 Å². The highest BCUT2D eigenvalue weighted by Gasteiger charge is 2.05. The van der Waals surface area contributed by atoms with E-state index in [0.29, 0.717) is 16.8 Å². The van der Waals surface area contributed by atoms with Crippen molar-refractivity contribution < 1.29 is 0 Å². The number of pyridine rings is 2. The fourth-order valence-electron chi connectivity index (χ4n) is 1.50. The van der Waals surface area contributed by atoms with Gasteiger partial charge in [0.1, 0.15) is 5.82 Å². The van der Waals surface area contributed by atoms with Gasteiger partial charge in [-0.2, -0.15) is 0 Å². The fourth-order valence-corrected chi connectivity index (χ4v) is 2.76. The molecule has 94 valence electrons. The summed E-state index contributed by atoms with van der Waals surface area (Å²) in [5, 5.41) is 0. The van der Waals surface area contributed by atoms with Crippen LogP contribution in [0.15, 0.2) is 44.2 Å². The Balaban J connectivity index is 2.36. The Labute approximate surface area is 120 Å². The second kappa shape index (κ2) is 5.64. The van der Waals surface area contributed by atoms with E-state index in [1.54, 1.807) is 22.9 Å². The Kier molecular flexibility index (Phi) is 4.15. The van der Waals surface area contributed by atoms with Crippen LogP contribution in [0.3, 0.4) is 0 Å². The normalized spacial score (nSPS) is 10.4. The van der Waals surface area contributed by atoms with E-state index in [0.717, 1.165) is 10.2 Å². The van der Waals surface area contributed by atoms with Crippen LogP contribution >= 0.6 is 31.9 Å². The highest BCUT2D eigenvalue weighted by Crippen LogP contribution is 2.13. The van der Waals surface area contributed by atoms with Gasteiger partial charge in [0.2, 0.25) is 0 Å². The Morgan fingerprint density at radius 2 is 2.17 bits per heavy atom. The minimum atomic E-state index is -0.105. The topological polar surface area (TPSA) is 72.9 Å². The molecule has 0 aliphatic heterocycles. The van der Waals surface area contributed by atoms with E-state index in [1.165, 1.54) is 0 Å². The first-order valence-electron chi connectivity index (χ1n) is 5.08. The summed E-state index contributed by atoms with van der Waals surface area (Å²) in [5.74, 6) is 5.86. The zero-order valence-electron chi connectivity index (χ0n) is 9.23. The number of halogens is 2. The molecule has 0 saturated heterocycles. The first-order valence-corrected chi connectivity index (χ1v) is 6.67. The van der Waals surface area contributed by atoms with Gasteiger partial charge in [0, 0.05) is 10.7 Å². The highest BCUT2D eigenvalue weighted by molar-refractivity contribution is 9.11. The fraction of sp³-hybridized carbons (Fsp3) is 0.0909. The van der Waals surface area contributed by atoms with Crippen LogP contribution in [-0.4, -0.2) is 9.55 Å². The second-order valence-electron chi connectivity index (χ2n) is 3.60. The third-order valence-corrected chi connectivity index (χ3v) is 3.30. The molecular formula is C11H10Br2N4O. The van der Waals surface area contributed by atoms with Crippen molar-refractivity contribution in [2.45, 2.75) is 6.54 Å². The van der Waals surface area contributed by atoms with Gasteiger partial charge in [-0.3, -0.25) is 4.79 Å². The molecule has 0 fully saturated rings. The molecule has 0 spiro atoms. The van der Waals surface area contributed by atoms with Crippen molar-refractivity contribution in [2.24, 2.45) is 5.84 Å². The Morgan fingerprint density at radius 3 is 2.89 bits per heavy atom. The number of nitrogens with zero attached hydrogens (tertiary/aromatic N) is 2. The molecule has 0 aliphatic rings. The summed E-state index contributed by atoms with van der Waals surface area (Å²) >= 11 is 6.57. The molecule has 0 unspecified atom stereocenters. The number of nitrogens with one attached hydrogen (secondary N) is 1. The minimum Gasteiger partial charge on any atom is -0.308 e. The van der Waals surface area contributed by atoms with Gasteiger partial charge >= 0.3 is 0 Å². The average Bonchev–Trinajstić information content (AvgIpc) is 2.35. The molecule has 7 heteroatoms. The van der Waals surface area contributed by atoms with E-state index in [-0.39, 0.29) is 5.56 Å². The van der Waals surface area contributed by atoms with Crippen LogP contribution in [0.5, 0.6) is 0 Å². The van der Waals surface area contributed by atoms with Gasteiger partial charge in [0.05, 0.1) is 16.7 Å². The van der Waals surface area contributed by atoms with Crippen molar-refractivity contribution >= 4 is 37.7 Å². The maximum absolute atomic E-state index is 11.9. The summed E-state index contributed by atoms with van der Waals surface area (Å²) in [6.07, 6.45) is 1.72.